The molecule has 2 unspecified atom stereocenters. The van der Waals surface area contributed by atoms with E-state index in [0.717, 1.165) is 25.9 Å². The fourth-order valence-corrected chi connectivity index (χ4v) is 4.20. The Bertz CT molecular complexity index is 575. The van der Waals surface area contributed by atoms with Crippen molar-refractivity contribution < 1.29 is 14.3 Å². The summed E-state index contributed by atoms with van der Waals surface area (Å²) in [4.78, 5) is 14.8. The second-order valence-corrected chi connectivity index (χ2v) is 7.47. The Hall–Kier alpha value is -1.46. The Morgan fingerprint density at radius 1 is 1.24 bits per heavy atom. The topological polar surface area (TPSA) is 52.6 Å². The van der Waals surface area contributed by atoms with Gasteiger partial charge in [0.2, 0.25) is 5.91 Å². The van der Waals surface area contributed by atoms with Gasteiger partial charge in [0.05, 0.1) is 12.5 Å². The first-order chi connectivity index (χ1) is 12.1. The molecule has 3 rings (SSSR count). The Labute approximate surface area is 149 Å². The van der Waals surface area contributed by atoms with Crippen molar-refractivity contribution in [2.75, 3.05) is 13.1 Å². The van der Waals surface area contributed by atoms with Crippen molar-refractivity contribution in [1.82, 2.24) is 10.2 Å². The molecule has 1 aromatic carbocycles. The predicted octanol–water partition coefficient (Wildman–Crippen LogP) is 3.16. The largest absolute Gasteiger partial charge is 0.388 e. The third-order valence-corrected chi connectivity index (χ3v) is 5.52. The molecule has 2 fully saturated rings. The number of hydrogen-bond acceptors (Lipinski definition) is 3. The van der Waals surface area contributed by atoms with E-state index in [0.29, 0.717) is 11.6 Å². The molecule has 0 radical (unpaired) electrons. The molecule has 1 aliphatic carbocycles. The van der Waals surface area contributed by atoms with E-state index in [4.69, 9.17) is 0 Å². The molecule has 138 valence electrons. The quantitative estimate of drug-likeness (QED) is 0.859. The lowest BCUT2D eigenvalue weighted by atomic mass is 9.92. The zero-order valence-electron chi connectivity index (χ0n) is 14.8. The second-order valence-electron chi connectivity index (χ2n) is 7.47. The lowest BCUT2D eigenvalue weighted by Gasteiger charge is -2.40. The summed E-state index contributed by atoms with van der Waals surface area (Å²) in [7, 11) is 0. The van der Waals surface area contributed by atoms with Gasteiger partial charge in [0.25, 0.3) is 0 Å². The van der Waals surface area contributed by atoms with Crippen molar-refractivity contribution in [3.8, 4) is 0 Å². The van der Waals surface area contributed by atoms with Gasteiger partial charge in [0.15, 0.2) is 0 Å². The number of rotatable bonds is 5. The molecule has 25 heavy (non-hydrogen) atoms. The molecule has 1 amide bonds. The van der Waals surface area contributed by atoms with E-state index in [1.165, 1.54) is 44.2 Å². The maximum absolute atomic E-state index is 13.2. The van der Waals surface area contributed by atoms with Crippen LogP contribution in [0.4, 0.5) is 4.39 Å². The minimum Gasteiger partial charge on any atom is -0.388 e. The third kappa shape index (κ3) is 5.25. The van der Waals surface area contributed by atoms with Crippen molar-refractivity contribution >= 4 is 5.91 Å². The van der Waals surface area contributed by atoms with Crippen LogP contribution in [0.2, 0.25) is 0 Å². The first-order valence-corrected chi connectivity index (χ1v) is 9.59. The van der Waals surface area contributed by atoms with Gasteiger partial charge < -0.3 is 10.4 Å². The van der Waals surface area contributed by atoms with E-state index in [1.807, 2.05) is 0 Å². The van der Waals surface area contributed by atoms with Gasteiger partial charge in [-0.15, -0.1) is 0 Å². The lowest BCUT2D eigenvalue weighted by Crippen LogP contribution is -2.51. The Morgan fingerprint density at radius 3 is 2.80 bits per heavy atom. The Balaban J connectivity index is 1.48. The minimum absolute atomic E-state index is 0.0244. The maximum atomic E-state index is 13.2. The van der Waals surface area contributed by atoms with Gasteiger partial charge in [-0.2, -0.15) is 0 Å². The van der Waals surface area contributed by atoms with E-state index >= 15 is 0 Å². The summed E-state index contributed by atoms with van der Waals surface area (Å²) in [5, 5.41) is 13.2. The van der Waals surface area contributed by atoms with Crippen LogP contribution in [0.25, 0.3) is 0 Å². The number of amides is 1. The van der Waals surface area contributed by atoms with Crippen LogP contribution in [-0.4, -0.2) is 41.1 Å². The van der Waals surface area contributed by atoms with Crippen molar-refractivity contribution in [1.29, 1.82) is 0 Å². The van der Waals surface area contributed by atoms with Crippen LogP contribution < -0.4 is 5.32 Å². The highest BCUT2D eigenvalue weighted by Crippen LogP contribution is 2.25. The van der Waals surface area contributed by atoms with Crippen LogP contribution in [0.1, 0.15) is 63.0 Å². The Morgan fingerprint density at radius 2 is 2.04 bits per heavy atom. The number of carbonyl (C=O) groups excluding carboxylic acids is 1. The normalized spacial score (nSPS) is 24.0. The van der Waals surface area contributed by atoms with Crippen LogP contribution in [0.3, 0.4) is 0 Å². The summed E-state index contributed by atoms with van der Waals surface area (Å²) in [6.07, 6.45) is 7.65. The van der Waals surface area contributed by atoms with Gasteiger partial charge >= 0.3 is 0 Å². The maximum Gasteiger partial charge on any atom is 0.223 e. The van der Waals surface area contributed by atoms with Crippen LogP contribution in [0, 0.1) is 5.82 Å². The van der Waals surface area contributed by atoms with Gasteiger partial charge in [0, 0.05) is 18.6 Å². The molecule has 0 spiro atoms. The molecular weight excluding hydrogens is 319 g/mol. The molecule has 2 aliphatic rings. The monoisotopic (exact) mass is 348 g/mol. The number of halogens is 1. The van der Waals surface area contributed by atoms with Crippen LogP contribution in [0.5, 0.6) is 0 Å². The fraction of sp³-hybridized carbons (Fsp3) is 0.650. The zero-order valence-corrected chi connectivity index (χ0v) is 14.8. The fourth-order valence-electron chi connectivity index (χ4n) is 4.20. The number of nitrogens with zero attached hydrogens (tertiary/aromatic N) is 1. The van der Waals surface area contributed by atoms with Gasteiger partial charge in [-0.3, -0.25) is 9.69 Å². The van der Waals surface area contributed by atoms with Crippen molar-refractivity contribution in [3.05, 3.63) is 35.6 Å². The van der Waals surface area contributed by atoms with E-state index in [-0.39, 0.29) is 18.4 Å². The molecule has 4 nitrogen and oxygen atoms in total. The average molecular weight is 348 g/mol. The van der Waals surface area contributed by atoms with E-state index in [2.05, 4.69) is 10.2 Å². The predicted molar refractivity (Wildman–Crippen MR) is 95.6 cm³/mol. The highest BCUT2D eigenvalue weighted by Gasteiger charge is 2.28. The molecule has 1 aromatic rings. The average Bonchev–Trinajstić information content (AvgIpc) is 2.62. The highest BCUT2D eigenvalue weighted by molar-refractivity contribution is 5.77. The van der Waals surface area contributed by atoms with Crippen molar-refractivity contribution in [2.24, 2.45) is 0 Å². The molecule has 2 atom stereocenters. The third-order valence-electron chi connectivity index (χ3n) is 5.52. The molecule has 0 bridgehead atoms. The number of carbonyl (C=O) groups is 1. The summed E-state index contributed by atoms with van der Waals surface area (Å²) in [6.45, 7) is 2.04. The summed E-state index contributed by atoms with van der Waals surface area (Å²) in [6, 6.07) is 6.64. The summed E-state index contributed by atoms with van der Waals surface area (Å²) >= 11 is 0. The van der Waals surface area contributed by atoms with Crippen molar-refractivity contribution in [3.63, 3.8) is 0 Å². The first-order valence-electron chi connectivity index (χ1n) is 9.59. The molecule has 1 saturated carbocycles. The smallest absolute Gasteiger partial charge is 0.223 e. The van der Waals surface area contributed by atoms with E-state index < -0.39 is 11.9 Å². The molecule has 1 saturated heterocycles. The number of nitrogens with one attached hydrogen (secondary N) is 1. The summed E-state index contributed by atoms with van der Waals surface area (Å²) in [5.41, 5.74) is 0.447. The zero-order chi connectivity index (χ0) is 17.6. The molecule has 5 heteroatoms. The summed E-state index contributed by atoms with van der Waals surface area (Å²) in [5.74, 6) is -0.556. The van der Waals surface area contributed by atoms with E-state index in [1.54, 1.807) is 12.1 Å². The van der Waals surface area contributed by atoms with Gasteiger partial charge in [-0.25, -0.2) is 4.39 Å². The van der Waals surface area contributed by atoms with Crippen LogP contribution in [-0.2, 0) is 4.79 Å². The van der Waals surface area contributed by atoms with Crippen LogP contribution >= 0.6 is 0 Å². The molecule has 2 N–H and O–H groups in total. The van der Waals surface area contributed by atoms with Gasteiger partial charge in [-0.05, 0) is 49.9 Å². The number of hydrogen-bond donors (Lipinski definition) is 2. The SMILES string of the molecule is O=C(CC(O)c1cccc(F)c1)NC1CCCN(C2CCCCC2)C1. The molecule has 1 heterocycles. The number of benzene rings is 1. The van der Waals surface area contributed by atoms with Gasteiger partial charge in [0.1, 0.15) is 5.82 Å². The number of aliphatic hydroxyl groups excluding tert-OH is 1. The molecule has 0 aromatic heterocycles. The van der Waals surface area contributed by atoms with Gasteiger partial charge in [-0.1, -0.05) is 31.4 Å². The Kier molecular flexibility index (Phi) is 6.43. The molecular formula is C20H29FN2O2. The van der Waals surface area contributed by atoms with E-state index in [9.17, 15) is 14.3 Å². The van der Waals surface area contributed by atoms with Crippen LogP contribution in [0.15, 0.2) is 24.3 Å². The summed E-state index contributed by atoms with van der Waals surface area (Å²) < 4.78 is 13.2. The number of likely N-dealkylation sites (tertiary alicyclic amines) is 1. The standard InChI is InChI=1S/C20H29FN2O2/c21-16-7-4-6-15(12-16)19(24)13-20(25)22-17-8-5-11-23(14-17)18-9-2-1-3-10-18/h4,6-7,12,17-19,24H,1-3,5,8-11,13-14H2,(H,22,25). The minimum atomic E-state index is -0.964. The highest BCUT2D eigenvalue weighted by atomic mass is 19.1. The second kappa shape index (κ2) is 8.77. The lowest BCUT2D eigenvalue weighted by molar-refractivity contribution is -0.124. The molecule has 1 aliphatic heterocycles. The number of piperidine rings is 1. The first kappa shape index (κ1) is 18.3. The number of aliphatic hydroxyl groups is 1. The van der Waals surface area contributed by atoms with Crippen molar-refractivity contribution in [2.45, 2.75) is 69.6 Å².